The van der Waals surface area contributed by atoms with Gasteiger partial charge in [0.1, 0.15) is 5.82 Å². The summed E-state index contributed by atoms with van der Waals surface area (Å²) in [7, 11) is 0. The highest BCUT2D eigenvalue weighted by Gasteiger charge is 2.10. The number of nitrogens with one attached hydrogen (secondary N) is 1. The van der Waals surface area contributed by atoms with Crippen LogP contribution in [0.15, 0.2) is 18.2 Å². The van der Waals surface area contributed by atoms with Crippen LogP contribution < -0.4 is 5.32 Å². The molecule has 0 spiro atoms. The Hall–Kier alpha value is -0.650. The number of carbonyl (C=O) groups excluding carboxylic acids is 1. The van der Waals surface area contributed by atoms with E-state index in [2.05, 4.69) is 27.9 Å². The molecule has 14 heavy (non-hydrogen) atoms. The van der Waals surface area contributed by atoms with E-state index in [-0.39, 0.29) is 11.7 Å². The van der Waals surface area contributed by atoms with Crippen LogP contribution in [0.25, 0.3) is 0 Å². The van der Waals surface area contributed by atoms with Gasteiger partial charge in [0.2, 0.25) is 0 Å². The van der Waals surface area contributed by atoms with Crippen molar-refractivity contribution in [2.45, 2.75) is 6.92 Å². The lowest BCUT2D eigenvalue weighted by atomic mass is 10.1. The Balaban J connectivity index is 2.84. The third kappa shape index (κ3) is 2.67. The van der Waals surface area contributed by atoms with E-state index < -0.39 is 0 Å². The molecular formula is C10H11FINO. The van der Waals surface area contributed by atoms with Crippen LogP contribution in [-0.2, 0) is 0 Å². The number of benzene rings is 1. The Bertz CT molecular complexity index is 341. The molecule has 0 atom stereocenters. The van der Waals surface area contributed by atoms with Crippen LogP contribution in [-0.4, -0.2) is 16.9 Å². The molecule has 2 nitrogen and oxygen atoms in total. The molecule has 4 heteroatoms. The minimum Gasteiger partial charge on any atom is -0.351 e. The molecule has 0 aliphatic heterocycles. The van der Waals surface area contributed by atoms with Crippen molar-refractivity contribution in [1.82, 2.24) is 5.32 Å². The Kier molecular flexibility index (Phi) is 4.31. The normalized spacial score (nSPS) is 9.93. The standard InChI is InChI=1S/C10H11FINO/c1-7-8(3-2-4-9(7)11)10(14)13-6-5-12/h2-4H,5-6H2,1H3,(H,13,14). The molecule has 0 aromatic heterocycles. The third-order valence-corrected chi connectivity index (χ3v) is 2.43. The molecule has 1 amide bonds. The summed E-state index contributed by atoms with van der Waals surface area (Å²) in [5, 5.41) is 2.70. The Morgan fingerprint density at radius 3 is 2.93 bits per heavy atom. The van der Waals surface area contributed by atoms with Crippen molar-refractivity contribution in [1.29, 1.82) is 0 Å². The number of halogens is 2. The smallest absolute Gasteiger partial charge is 0.251 e. The molecule has 0 aliphatic carbocycles. The summed E-state index contributed by atoms with van der Waals surface area (Å²) in [6.07, 6.45) is 0. The Morgan fingerprint density at radius 1 is 1.57 bits per heavy atom. The molecule has 0 fully saturated rings. The summed E-state index contributed by atoms with van der Waals surface area (Å²) < 4.78 is 13.9. The minimum atomic E-state index is -0.341. The van der Waals surface area contributed by atoms with Gasteiger partial charge in [-0.25, -0.2) is 4.39 Å². The van der Waals surface area contributed by atoms with Crippen molar-refractivity contribution >= 4 is 28.5 Å². The molecule has 76 valence electrons. The molecule has 0 heterocycles. The molecule has 1 aromatic carbocycles. The fourth-order valence-corrected chi connectivity index (χ4v) is 1.38. The first-order chi connectivity index (χ1) is 6.66. The summed E-state index contributed by atoms with van der Waals surface area (Å²) in [5.74, 6) is -0.550. The van der Waals surface area contributed by atoms with E-state index in [1.807, 2.05) is 0 Å². The van der Waals surface area contributed by atoms with E-state index in [0.29, 0.717) is 17.7 Å². The summed E-state index contributed by atoms with van der Waals surface area (Å²) >= 11 is 2.17. The maximum atomic E-state index is 13.1. The van der Waals surface area contributed by atoms with Crippen LogP contribution in [0.3, 0.4) is 0 Å². The largest absolute Gasteiger partial charge is 0.351 e. The zero-order chi connectivity index (χ0) is 10.6. The quantitative estimate of drug-likeness (QED) is 0.674. The second-order valence-electron chi connectivity index (χ2n) is 2.86. The monoisotopic (exact) mass is 307 g/mol. The fraction of sp³-hybridized carbons (Fsp3) is 0.300. The Labute approximate surface area is 96.0 Å². The van der Waals surface area contributed by atoms with E-state index in [1.54, 1.807) is 19.1 Å². The van der Waals surface area contributed by atoms with E-state index in [1.165, 1.54) is 6.07 Å². The van der Waals surface area contributed by atoms with Crippen LogP contribution >= 0.6 is 22.6 Å². The van der Waals surface area contributed by atoms with E-state index in [4.69, 9.17) is 0 Å². The van der Waals surface area contributed by atoms with Gasteiger partial charge < -0.3 is 5.32 Å². The predicted molar refractivity (Wildman–Crippen MR) is 62.4 cm³/mol. The highest BCUT2D eigenvalue weighted by atomic mass is 127. The van der Waals surface area contributed by atoms with E-state index in [9.17, 15) is 9.18 Å². The van der Waals surface area contributed by atoms with Crippen LogP contribution in [0.1, 0.15) is 15.9 Å². The minimum absolute atomic E-state index is 0.210. The summed E-state index contributed by atoms with van der Waals surface area (Å²) in [5.41, 5.74) is 0.813. The molecule has 0 saturated heterocycles. The number of carbonyl (C=O) groups is 1. The molecule has 0 aliphatic rings. The van der Waals surface area contributed by atoms with Gasteiger partial charge in [-0.1, -0.05) is 28.7 Å². The number of rotatable bonds is 3. The molecule has 0 radical (unpaired) electrons. The lowest BCUT2D eigenvalue weighted by Crippen LogP contribution is -2.26. The highest BCUT2D eigenvalue weighted by Crippen LogP contribution is 2.11. The van der Waals surface area contributed by atoms with E-state index in [0.717, 1.165) is 4.43 Å². The number of hydrogen-bond acceptors (Lipinski definition) is 1. The van der Waals surface area contributed by atoms with Crippen LogP contribution in [0, 0.1) is 12.7 Å². The first-order valence-corrected chi connectivity index (χ1v) is 5.78. The zero-order valence-corrected chi connectivity index (χ0v) is 9.97. The van der Waals surface area contributed by atoms with Crippen molar-refractivity contribution in [3.63, 3.8) is 0 Å². The van der Waals surface area contributed by atoms with Gasteiger partial charge in [-0.05, 0) is 24.6 Å². The summed E-state index contributed by atoms with van der Waals surface area (Å²) in [4.78, 5) is 11.5. The molecule has 0 unspecified atom stereocenters. The van der Waals surface area contributed by atoms with Crippen molar-refractivity contribution in [3.05, 3.63) is 35.1 Å². The Morgan fingerprint density at radius 2 is 2.29 bits per heavy atom. The van der Waals surface area contributed by atoms with Gasteiger partial charge >= 0.3 is 0 Å². The molecule has 1 aromatic rings. The molecular weight excluding hydrogens is 296 g/mol. The van der Waals surface area contributed by atoms with Gasteiger partial charge in [-0.15, -0.1) is 0 Å². The number of amides is 1. The fourth-order valence-electron chi connectivity index (χ4n) is 1.11. The predicted octanol–water partition coefficient (Wildman–Crippen LogP) is 2.30. The average Bonchev–Trinajstić information content (AvgIpc) is 2.18. The van der Waals surface area contributed by atoms with Gasteiger partial charge in [-0.3, -0.25) is 4.79 Å². The lowest BCUT2D eigenvalue weighted by molar-refractivity contribution is 0.0955. The SMILES string of the molecule is Cc1c(F)cccc1C(=O)NCCI. The summed E-state index contributed by atoms with van der Waals surface area (Å²) in [6, 6.07) is 4.52. The topological polar surface area (TPSA) is 29.1 Å². The maximum absolute atomic E-state index is 13.1. The van der Waals surface area contributed by atoms with Gasteiger partial charge in [-0.2, -0.15) is 0 Å². The van der Waals surface area contributed by atoms with Crippen molar-refractivity contribution in [3.8, 4) is 0 Å². The van der Waals surface area contributed by atoms with Gasteiger partial charge in [0.05, 0.1) is 0 Å². The maximum Gasteiger partial charge on any atom is 0.251 e. The van der Waals surface area contributed by atoms with Crippen molar-refractivity contribution in [2.75, 3.05) is 11.0 Å². The second-order valence-corrected chi connectivity index (χ2v) is 3.94. The van der Waals surface area contributed by atoms with Gasteiger partial charge in [0.15, 0.2) is 0 Å². The zero-order valence-electron chi connectivity index (χ0n) is 7.81. The van der Waals surface area contributed by atoms with Crippen LogP contribution in [0.2, 0.25) is 0 Å². The van der Waals surface area contributed by atoms with Crippen molar-refractivity contribution < 1.29 is 9.18 Å². The first-order valence-electron chi connectivity index (χ1n) is 4.26. The molecule has 1 N–H and O–H groups in total. The number of hydrogen-bond donors (Lipinski definition) is 1. The van der Waals surface area contributed by atoms with E-state index >= 15 is 0 Å². The van der Waals surface area contributed by atoms with Crippen LogP contribution in [0.4, 0.5) is 4.39 Å². The number of alkyl halides is 1. The van der Waals surface area contributed by atoms with Crippen molar-refractivity contribution in [2.24, 2.45) is 0 Å². The van der Waals surface area contributed by atoms with Gasteiger partial charge in [0, 0.05) is 16.5 Å². The second kappa shape index (κ2) is 5.29. The summed E-state index contributed by atoms with van der Waals surface area (Å²) in [6.45, 7) is 2.21. The molecule has 0 bridgehead atoms. The molecule has 1 rings (SSSR count). The van der Waals surface area contributed by atoms with Crippen LogP contribution in [0.5, 0.6) is 0 Å². The molecule has 0 saturated carbocycles. The first kappa shape index (κ1) is 11.4. The third-order valence-electron chi connectivity index (χ3n) is 1.89. The lowest BCUT2D eigenvalue weighted by Gasteiger charge is -2.06. The highest BCUT2D eigenvalue weighted by molar-refractivity contribution is 14.1. The average molecular weight is 307 g/mol. The van der Waals surface area contributed by atoms with Gasteiger partial charge in [0.25, 0.3) is 5.91 Å².